The molecule has 1 heterocycles. The first-order valence-electron chi connectivity index (χ1n) is 6.32. The zero-order chi connectivity index (χ0) is 14.3. The predicted octanol–water partition coefficient (Wildman–Crippen LogP) is 3.27. The van der Waals surface area contributed by atoms with Crippen molar-refractivity contribution >= 4 is 0 Å². The van der Waals surface area contributed by atoms with Crippen molar-refractivity contribution in [3.05, 3.63) is 35.4 Å². The van der Waals surface area contributed by atoms with E-state index in [0.29, 0.717) is 5.56 Å². The second kappa shape index (κ2) is 4.80. The van der Waals surface area contributed by atoms with E-state index >= 15 is 0 Å². The van der Waals surface area contributed by atoms with Crippen LogP contribution in [0.5, 0.6) is 0 Å². The normalized spacial score (nSPS) is 24.4. The molecule has 0 aromatic heterocycles. The molecule has 2 N–H and O–H groups in total. The molecule has 1 fully saturated rings. The van der Waals surface area contributed by atoms with Crippen LogP contribution >= 0.6 is 0 Å². The van der Waals surface area contributed by atoms with Gasteiger partial charge in [0, 0.05) is 11.6 Å². The number of hydrogen-bond acceptors (Lipinski definition) is 2. The lowest BCUT2D eigenvalue weighted by Gasteiger charge is -2.24. The molecule has 0 unspecified atom stereocenters. The molecule has 1 aliphatic heterocycles. The van der Waals surface area contributed by atoms with Gasteiger partial charge in [-0.3, -0.25) is 0 Å². The lowest BCUT2D eigenvalue weighted by Crippen LogP contribution is -2.40. The summed E-state index contributed by atoms with van der Waals surface area (Å²) in [6.45, 7) is 4.04. The second-order valence-electron chi connectivity index (χ2n) is 5.74. The maximum absolute atomic E-state index is 12.6. The summed E-state index contributed by atoms with van der Waals surface area (Å²) in [5, 5.41) is 13.5. The van der Waals surface area contributed by atoms with E-state index in [4.69, 9.17) is 0 Å². The van der Waals surface area contributed by atoms with Crippen LogP contribution in [0.1, 0.15) is 43.9 Å². The van der Waals surface area contributed by atoms with Gasteiger partial charge < -0.3 is 10.4 Å². The largest absolute Gasteiger partial charge is 0.416 e. The molecule has 106 valence electrons. The number of aliphatic hydroxyl groups excluding tert-OH is 1. The molecule has 2 atom stereocenters. The predicted molar refractivity (Wildman–Crippen MR) is 66.6 cm³/mol. The minimum absolute atomic E-state index is 0.0761. The van der Waals surface area contributed by atoms with Crippen LogP contribution in [0.4, 0.5) is 13.2 Å². The number of halogens is 3. The summed E-state index contributed by atoms with van der Waals surface area (Å²) in [5.41, 5.74) is -0.487. The van der Waals surface area contributed by atoms with E-state index in [0.717, 1.165) is 25.0 Å². The highest BCUT2D eigenvalue weighted by molar-refractivity contribution is 5.28. The lowest BCUT2D eigenvalue weighted by molar-refractivity contribution is -0.137. The van der Waals surface area contributed by atoms with Crippen molar-refractivity contribution in [3.63, 3.8) is 0 Å². The minimum atomic E-state index is -4.38. The van der Waals surface area contributed by atoms with Gasteiger partial charge in [0.25, 0.3) is 0 Å². The third-order valence-electron chi connectivity index (χ3n) is 3.59. The molecule has 2 nitrogen and oxygen atoms in total. The quantitative estimate of drug-likeness (QED) is 0.866. The summed E-state index contributed by atoms with van der Waals surface area (Å²) in [5.74, 6) is 0. The molecule has 1 aromatic carbocycles. The number of alkyl halides is 3. The first-order chi connectivity index (χ1) is 8.69. The molecule has 0 bridgehead atoms. The van der Waals surface area contributed by atoms with Gasteiger partial charge in [-0.15, -0.1) is 0 Å². The molecule has 1 saturated heterocycles. The summed E-state index contributed by atoms with van der Waals surface area (Å²) < 4.78 is 37.9. The van der Waals surface area contributed by atoms with Crippen LogP contribution in [0.25, 0.3) is 0 Å². The molecule has 0 radical (unpaired) electrons. The van der Waals surface area contributed by atoms with Gasteiger partial charge in [0.1, 0.15) is 0 Å². The molecule has 1 aromatic rings. The average Bonchev–Trinajstić information content (AvgIpc) is 2.68. The van der Waals surface area contributed by atoms with Crippen LogP contribution in [0.2, 0.25) is 0 Å². The molecule has 19 heavy (non-hydrogen) atoms. The SMILES string of the molecule is CC1(C)CC[C@H]([C@H](O)c2cccc(C(F)(F)F)c2)N1. The molecular weight excluding hydrogens is 255 g/mol. The maximum atomic E-state index is 12.6. The first kappa shape index (κ1) is 14.3. The Labute approximate surface area is 110 Å². The fraction of sp³-hybridized carbons (Fsp3) is 0.571. The summed E-state index contributed by atoms with van der Waals surface area (Å²) in [4.78, 5) is 0. The molecule has 1 aliphatic rings. The summed E-state index contributed by atoms with van der Waals surface area (Å²) in [6.07, 6.45) is -3.64. The molecule has 0 spiro atoms. The summed E-state index contributed by atoms with van der Waals surface area (Å²) in [7, 11) is 0. The van der Waals surface area contributed by atoms with Crippen LogP contribution in [0, 0.1) is 0 Å². The van der Waals surface area contributed by atoms with Gasteiger partial charge in [-0.1, -0.05) is 12.1 Å². The Hall–Kier alpha value is -1.07. The number of benzene rings is 1. The molecule has 5 heteroatoms. The number of hydrogen-bond donors (Lipinski definition) is 2. The Morgan fingerprint density at radius 2 is 2.05 bits per heavy atom. The maximum Gasteiger partial charge on any atom is 0.416 e. The van der Waals surface area contributed by atoms with E-state index in [2.05, 4.69) is 5.32 Å². The standard InChI is InChI=1S/C14H18F3NO/c1-13(2)7-6-11(18-13)12(19)9-4-3-5-10(8-9)14(15,16)17/h3-5,8,11-12,18-19H,6-7H2,1-2H3/t11-,12-/m1/s1. The van der Waals surface area contributed by atoms with Crippen LogP contribution in [-0.4, -0.2) is 16.7 Å². The second-order valence-corrected chi connectivity index (χ2v) is 5.74. The third kappa shape index (κ3) is 3.28. The van der Waals surface area contributed by atoms with E-state index in [9.17, 15) is 18.3 Å². The van der Waals surface area contributed by atoms with Gasteiger partial charge in [-0.2, -0.15) is 13.2 Å². The van der Waals surface area contributed by atoms with Gasteiger partial charge in [0.05, 0.1) is 11.7 Å². The van der Waals surface area contributed by atoms with Gasteiger partial charge in [0.2, 0.25) is 0 Å². The molecule has 2 rings (SSSR count). The molecular formula is C14H18F3NO. The van der Waals surface area contributed by atoms with Crippen LogP contribution in [-0.2, 0) is 6.18 Å². The first-order valence-corrected chi connectivity index (χ1v) is 6.32. The van der Waals surface area contributed by atoms with E-state index < -0.39 is 17.8 Å². The monoisotopic (exact) mass is 273 g/mol. The Kier molecular flexibility index (Phi) is 3.62. The lowest BCUT2D eigenvalue weighted by atomic mass is 9.98. The highest BCUT2D eigenvalue weighted by Crippen LogP contribution is 2.34. The molecule has 0 aliphatic carbocycles. The van der Waals surface area contributed by atoms with Crippen molar-refractivity contribution in [3.8, 4) is 0 Å². The van der Waals surface area contributed by atoms with Crippen molar-refractivity contribution in [2.75, 3.05) is 0 Å². The van der Waals surface area contributed by atoms with Crippen molar-refractivity contribution in [1.29, 1.82) is 0 Å². The van der Waals surface area contributed by atoms with Gasteiger partial charge in [-0.05, 0) is 44.4 Å². The average molecular weight is 273 g/mol. The topological polar surface area (TPSA) is 32.3 Å². The molecule has 0 amide bonds. The Morgan fingerprint density at radius 3 is 2.58 bits per heavy atom. The zero-order valence-electron chi connectivity index (χ0n) is 11.0. The van der Waals surface area contributed by atoms with E-state index in [1.807, 2.05) is 13.8 Å². The van der Waals surface area contributed by atoms with Crippen molar-refractivity contribution in [1.82, 2.24) is 5.32 Å². The van der Waals surface area contributed by atoms with Crippen LogP contribution < -0.4 is 5.32 Å². The highest BCUT2D eigenvalue weighted by Gasteiger charge is 2.36. The third-order valence-corrected chi connectivity index (χ3v) is 3.59. The van der Waals surface area contributed by atoms with Crippen molar-refractivity contribution < 1.29 is 18.3 Å². The Bertz CT molecular complexity index is 456. The summed E-state index contributed by atoms with van der Waals surface area (Å²) in [6, 6.07) is 4.72. The van der Waals surface area contributed by atoms with Crippen LogP contribution in [0.15, 0.2) is 24.3 Å². The summed E-state index contributed by atoms with van der Waals surface area (Å²) >= 11 is 0. The van der Waals surface area contributed by atoms with Gasteiger partial charge in [0.15, 0.2) is 0 Å². The van der Waals surface area contributed by atoms with Crippen LogP contribution in [0.3, 0.4) is 0 Å². The van der Waals surface area contributed by atoms with E-state index in [1.54, 1.807) is 0 Å². The Balaban J connectivity index is 2.18. The number of rotatable bonds is 2. The highest BCUT2D eigenvalue weighted by atomic mass is 19.4. The Morgan fingerprint density at radius 1 is 1.37 bits per heavy atom. The fourth-order valence-corrected chi connectivity index (χ4v) is 2.53. The fourth-order valence-electron chi connectivity index (χ4n) is 2.53. The number of aliphatic hydroxyl groups is 1. The van der Waals surface area contributed by atoms with Gasteiger partial charge in [-0.25, -0.2) is 0 Å². The number of nitrogens with one attached hydrogen (secondary N) is 1. The van der Waals surface area contributed by atoms with E-state index in [-0.39, 0.29) is 11.6 Å². The smallest absolute Gasteiger partial charge is 0.387 e. The van der Waals surface area contributed by atoms with Crippen molar-refractivity contribution in [2.45, 2.75) is 50.6 Å². The van der Waals surface area contributed by atoms with Gasteiger partial charge >= 0.3 is 6.18 Å². The van der Waals surface area contributed by atoms with E-state index in [1.165, 1.54) is 12.1 Å². The molecule has 0 saturated carbocycles. The minimum Gasteiger partial charge on any atom is -0.387 e. The zero-order valence-corrected chi connectivity index (χ0v) is 11.0. The van der Waals surface area contributed by atoms with Crippen molar-refractivity contribution in [2.24, 2.45) is 0 Å².